The predicted octanol–water partition coefficient (Wildman–Crippen LogP) is 3.88. The zero-order valence-electron chi connectivity index (χ0n) is 14.6. The Morgan fingerprint density at radius 3 is 2.62 bits per heavy atom. The van der Waals surface area contributed by atoms with Crippen molar-refractivity contribution in [2.45, 2.75) is 31.6 Å². The minimum Gasteiger partial charge on any atom is -0.371 e. The van der Waals surface area contributed by atoms with E-state index in [1.54, 1.807) is 0 Å². The van der Waals surface area contributed by atoms with Crippen LogP contribution >= 0.6 is 11.6 Å². The van der Waals surface area contributed by atoms with E-state index in [9.17, 15) is 12.8 Å². The van der Waals surface area contributed by atoms with Crippen LogP contribution in [0, 0.1) is 12.7 Å². The zero-order valence-corrected chi connectivity index (χ0v) is 16.2. The number of anilines is 1. The standard InChI is InChI=1S/C19H22ClFN2O2S/c1-14-3-2-4-18(11-14)23-9-7-17(8-10-23)22-26(24,25)13-15-12-16(21)5-6-19(15)20/h2-6,11-12,17,22H,7-10,13H2,1H3. The molecular weight excluding hydrogens is 375 g/mol. The van der Waals surface area contributed by atoms with Crippen LogP contribution in [0.3, 0.4) is 0 Å². The molecular formula is C19H22ClFN2O2S. The van der Waals surface area contributed by atoms with Crippen molar-refractivity contribution in [3.63, 3.8) is 0 Å². The van der Waals surface area contributed by atoms with Gasteiger partial charge < -0.3 is 4.90 Å². The molecule has 0 aliphatic carbocycles. The van der Waals surface area contributed by atoms with Crippen molar-refractivity contribution >= 4 is 27.3 Å². The van der Waals surface area contributed by atoms with Crippen LogP contribution in [-0.4, -0.2) is 27.5 Å². The van der Waals surface area contributed by atoms with Gasteiger partial charge in [0.15, 0.2) is 0 Å². The monoisotopic (exact) mass is 396 g/mol. The molecule has 3 rings (SSSR count). The molecule has 1 fully saturated rings. The lowest BCUT2D eigenvalue weighted by Crippen LogP contribution is -2.45. The fourth-order valence-electron chi connectivity index (χ4n) is 3.23. The summed E-state index contributed by atoms with van der Waals surface area (Å²) in [5, 5.41) is 0.256. The van der Waals surface area contributed by atoms with Crippen LogP contribution < -0.4 is 9.62 Å². The Hall–Kier alpha value is -1.63. The number of rotatable bonds is 5. The van der Waals surface area contributed by atoms with E-state index in [2.05, 4.69) is 34.7 Å². The lowest BCUT2D eigenvalue weighted by Gasteiger charge is -2.34. The number of nitrogens with one attached hydrogen (secondary N) is 1. The first-order chi connectivity index (χ1) is 12.3. The average Bonchev–Trinajstić information content (AvgIpc) is 2.58. The molecule has 2 aromatic carbocycles. The maximum atomic E-state index is 13.3. The quantitative estimate of drug-likeness (QED) is 0.834. The summed E-state index contributed by atoms with van der Waals surface area (Å²) in [6, 6.07) is 11.9. The summed E-state index contributed by atoms with van der Waals surface area (Å²) in [4.78, 5) is 2.27. The van der Waals surface area contributed by atoms with E-state index in [4.69, 9.17) is 11.6 Å². The van der Waals surface area contributed by atoms with E-state index in [1.807, 2.05) is 6.07 Å². The van der Waals surface area contributed by atoms with Crippen molar-refractivity contribution in [1.29, 1.82) is 0 Å². The third kappa shape index (κ3) is 4.96. The number of aryl methyl sites for hydroxylation is 1. The largest absolute Gasteiger partial charge is 0.371 e. The van der Waals surface area contributed by atoms with Gasteiger partial charge in [0, 0.05) is 29.8 Å². The van der Waals surface area contributed by atoms with Crippen LogP contribution in [-0.2, 0) is 15.8 Å². The van der Waals surface area contributed by atoms with Crippen LogP contribution in [0.25, 0.3) is 0 Å². The molecule has 1 aliphatic rings. The highest BCUT2D eigenvalue weighted by Gasteiger charge is 2.24. The second-order valence-electron chi connectivity index (χ2n) is 6.71. The third-order valence-electron chi connectivity index (χ3n) is 4.56. The fourth-order valence-corrected chi connectivity index (χ4v) is 4.97. The number of hydrogen-bond acceptors (Lipinski definition) is 3. The van der Waals surface area contributed by atoms with Gasteiger partial charge >= 0.3 is 0 Å². The summed E-state index contributed by atoms with van der Waals surface area (Å²) in [5.74, 6) is -0.812. The highest BCUT2D eigenvalue weighted by atomic mass is 35.5. The molecule has 1 saturated heterocycles. The number of sulfonamides is 1. The van der Waals surface area contributed by atoms with E-state index < -0.39 is 15.8 Å². The Balaban J connectivity index is 1.59. The maximum Gasteiger partial charge on any atom is 0.216 e. The molecule has 0 atom stereocenters. The molecule has 0 radical (unpaired) electrons. The van der Waals surface area contributed by atoms with Crippen LogP contribution in [0.15, 0.2) is 42.5 Å². The molecule has 7 heteroatoms. The summed E-state index contributed by atoms with van der Waals surface area (Å²) in [6.45, 7) is 3.64. The fraction of sp³-hybridized carbons (Fsp3) is 0.368. The van der Waals surface area contributed by atoms with Gasteiger partial charge in [-0.2, -0.15) is 0 Å². The molecule has 0 amide bonds. The van der Waals surface area contributed by atoms with Crippen molar-refractivity contribution in [2.75, 3.05) is 18.0 Å². The van der Waals surface area contributed by atoms with Crippen molar-refractivity contribution < 1.29 is 12.8 Å². The Kier molecular flexibility index (Phi) is 5.85. The molecule has 1 heterocycles. The topological polar surface area (TPSA) is 49.4 Å². The second kappa shape index (κ2) is 7.94. The van der Waals surface area contributed by atoms with Crippen molar-refractivity contribution in [3.8, 4) is 0 Å². The Labute approximate surface area is 159 Å². The van der Waals surface area contributed by atoms with Gasteiger partial charge in [0.1, 0.15) is 5.82 Å². The Morgan fingerprint density at radius 2 is 1.92 bits per heavy atom. The minimum atomic E-state index is -3.58. The lowest BCUT2D eigenvalue weighted by atomic mass is 10.1. The van der Waals surface area contributed by atoms with Gasteiger partial charge in [0.25, 0.3) is 0 Å². The van der Waals surface area contributed by atoms with E-state index in [0.29, 0.717) is 0 Å². The molecule has 0 aromatic heterocycles. The van der Waals surface area contributed by atoms with Crippen LogP contribution in [0.5, 0.6) is 0 Å². The van der Waals surface area contributed by atoms with Crippen LogP contribution in [0.2, 0.25) is 5.02 Å². The molecule has 140 valence electrons. The number of hydrogen-bond donors (Lipinski definition) is 1. The smallest absolute Gasteiger partial charge is 0.216 e. The molecule has 2 aromatic rings. The van der Waals surface area contributed by atoms with E-state index in [0.717, 1.165) is 31.6 Å². The second-order valence-corrected chi connectivity index (χ2v) is 8.87. The first-order valence-corrected chi connectivity index (χ1v) is 10.6. The van der Waals surface area contributed by atoms with Gasteiger partial charge in [-0.1, -0.05) is 23.7 Å². The van der Waals surface area contributed by atoms with Gasteiger partial charge in [-0.3, -0.25) is 0 Å². The van der Waals surface area contributed by atoms with Crippen LogP contribution in [0.1, 0.15) is 24.0 Å². The Bertz CT molecular complexity index is 881. The van der Waals surface area contributed by atoms with Gasteiger partial charge in [0.05, 0.1) is 5.75 Å². The maximum absolute atomic E-state index is 13.3. The number of benzene rings is 2. The molecule has 1 aliphatic heterocycles. The molecule has 0 saturated carbocycles. The summed E-state index contributed by atoms with van der Waals surface area (Å²) in [6.07, 6.45) is 1.45. The normalized spacial score (nSPS) is 16.0. The first kappa shape index (κ1) is 19.1. The third-order valence-corrected chi connectivity index (χ3v) is 6.31. The van der Waals surface area contributed by atoms with Gasteiger partial charge in [0.2, 0.25) is 10.0 Å². The molecule has 0 unspecified atom stereocenters. The first-order valence-electron chi connectivity index (χ1n) is 8.58. The summed E-state index contributed by atoms with van der Waals surface area (Å²) >= 11 is 5.98. The summed E-state index contributed by atoms with van der Waals surface area (Å²) < 4.78 is 40.9. The SMILES string of the molecule is Cc1cccc(N2CCC(NS(=O)(=O)Cc3cc(F)ccc3Cl)CC2)c1. The van der Waals surface area contributed by atoms with E-state index in [1.165, 1.54) is 23.8 Å². The summed E-state index contributed by atoms with van der Waals surface area (Å²) in [5.41, 5.74) is 2.64. The number of halogens is 2. The highest BCUT2D eigenvalue weighted by molar-refractivity contribution is 7.88. The number of piperidine rings is 1. The number of nitrogens with zero attached hydrogens (tertiary/aromatic N) is 1. The molecule has 4 nitrogen and oxygen atoms in total. The van der Waals surface area contributed by atoms with Crippen LogP contribution in [0.4, 0.5) is 10.1 Å². The van der Waals surface area contributed by atoms with Crippen molar-refractivity contribution in [2.24, 2.45) is 0 Å². The zero-order chi connectivity index (χ0) is 18.7. The van der Waals surface area contributed by atoms with Crippen molar-refractivity contribution in [1.82, 2.24) is 4.72 Å². The van der Waals surface area contributed by atoms with E-state index >= 15 is 0 Å². The van der Waals surface area contributed by atoms with Gasteiger partial charge in [-0.25, -0.2) is 17.5 Å². The molecule has 0 spiro atoms. The van der Waals surface area contributed by atoms with E-state index in [-0.39, 0.29) is 22.4 Å². The highest BCUT2D eigenvalue weighted by Crippen LogP contribution is 2.23. The minimum absolute atomic E-state index is 0.117. The van der Waals surface area contributed by atoms with Crippen molar-refractivity contribution in [3.05, 3.63) is 64.4 Å². The Morgan fingerprint density at radius 1 is 1.19 bits per heavy atom. The molecule has 0 bridgehead atoms. The molecule has 1 N–H and O–H groups in total. The summed E-state index contributed by atoms with van der Waals surface area (Å²) in [7, 11) is -3.58. The van der Waals surface area contributed by atoms with Gasteiger partial charge in [-0.15, -0.1) is 0 Å². The average molecular weight is 397 g/mol. The lowest BCUT2D eigenvalue weighted by molar-refractivity contribution is 0.460. The molecule has 26 heavy (non-hydrogen) atoms. The van der Waals surface area contributed by atoms with Gasteiger partial charge in [-0.05, 0) is 61.2 Å². The predicted molar refractivity (Wildman–Crippen MR) is 104 cm³/mol.